The van der Waals surface area contributed by atoms with E-state index in [4.69, 9.17) is 0 Å². The summed E-state index contributed by atoms with van der Waals surface area (Å²) in [6.45, 7) is 1.87. The molecule has 2 aromatic heterocycles. The summed E-state index contributed by atoms with van der Waals surface area (Å²) in [5.41, 5.74) is 2.11. The van der Waals surface area contributed by atoms with E-state index in [0.29, 0.717) is 17.2 Å². The number of fused-ring (bicyclic) bond motifs is 1. The van der Waals surface area contributed by atoms with Gasteiger partial charge in [-0.2, -0.15) is 0 Å². The Kier molecular flexibility index (Phi) is 4.66. The first-order chi connectivity index (χ1) is 13.1. The quantitative estimate of drug-likeness (QED) is 0.719. The number of aromatic nitrogens is 4. The first-order valence-electron chi connectivity index (χ1n) is 9.04. The highest BCUT2D eigenvalue weighted by Crippen LogP contribution is 2.21. The molecule has 1 aliphatic rings. The molecule has 0 spiro atoms. The summed E-state index contributed by atoms with van der Waals surface area (Å²) >= 11 is 0. The molecule has 1 amide bonds. The van der Waals surface area contributed by atoms with Crippen molar-refractivity contribution in [1.29, 1.82) is 0 Å². The van der Waals surface area contributed by atoms with Gasteiger partial charge in [0.25, 0.3) is 0 Å². The highest BCUT2D eigenvalue weighted by Gasteiger charge is 2.22. The van der Waals surface area contributed by atoms with Gasteiger partial charge in [-0.1, -0.05) is 12.2 Å². The number of hydrogen-bond donors (Lipinski definition) is 1. The van der Waals surface area contributed by atoms with Crippen LogP contribution in [0.5, 0.6) is 0 Å². The van der Waals surface area contributed by atoms with Crippen LogP contribution in [0.3, 0.4) is 0 Å². The van der Waals surface area contributed by atoms with Gasteiger partial charge in [-0.15, -0.1) is 5.10 Å². The Balaban J connectivity index is 1.53. The van der Waals surface area contributed by atoms with E-state index in [1.165, 1.54) is 12.1 Å². The average Bonchev–Trinajstić information content (AvgIpc) is 3.13. The van der Waals surface area contributed by atoms with Crippen LogP contribution in [0.2, 0.25) is 0 Å². The maximum absolute atomic E-state index is 13.1. The third-order valence-electron chi connectivity index (χ3n) is 4.77. The molecule has 0 bridgehead atoms. The summed E-state index contributed by atoms with van der Waals surface area (Å²) in [6, 6.07) is 7.64. The lowest BCUT2D eigenvalue weighted by Gasteiger charge is -2.19. The van der Waals surface area contributed by atoms with Crippen LogP contribution < -0.4 is 5.32 Å². The lowest BCUT2D eigenvalue weighted by Crippen LogP contribution is -2.33. The summed E-state index contributed by atoms with van der Waals surface area (Å²) in [7, 11) is 0. The lowest BCUT2D eigenvalue weighted by atomic mass is 9.93. The van der Waals surface area contributed by atoms with Crippen molar-refractivity contribution in [2.75, 3.05) is 0 Å². The van der Waals surface area contributed by atoms with Gasteiger partial charge in [0.2, 0.25) is 5.91 Å². The Morgan fingerprint density at radius 2 is 2.11 bits per heavy atom. The largest absolute Gasteiger partial charge is 0.346 e. The second-order valence-corrected chi connectivity index (χ2v) is 6.77. The molecular weight excluding hydrogens is 345 g/mol. The molecule has 6 nitrogen and oxygen atoms in total. The molecule has 0 aliphatic heterocycles. The van der Waals surface area contributed by atoms with Crippen LogP contribution in [0, 0.1) is 11.7 Å². The van der Waals surface area contributed by atoms with Crippen LogP contribution in [0.1, 0.15) is 38.1 Å². The number of amides is 1. The second-order valence-electron chi connectivity index (χ2n) is 6.77. The zero-order valence-electron chi connectivity index (χ0n) is 15.0. The normalized spacial score (nSPS) is 17.8. The average molecular weight is 365 g/mol. The Bertz CT molecular complexity index is 995. The molecule has 138 valence electrons. The van der Waals surface area contributed by atoms with Gasteiger partial charge < -0.3 is 5.32 Å². The lowest BCUT2D eigenvalue weighted by molar-refractivity contribution is -0.125. The first-order valence-corrected chi connectivity index (χ1v) is 9.04. The van der Waals surface area contributed by atoms with E-state index in [-0.39, 0.29) is 23.7 Å². The van der Waals surface area contributed by atoms with Crippen molar-refractivity contribution >= 4 is 11.6 Å². The topological polar surface area (TPSA) is 72.2 Å². The van der Waals surface area contributed by atoms with Gasteiger partial charge in [0.15, 0.2) is 11.5 Å². The fourth-order valence-corrected chi connectivity index (χ4v) is 3.20. The third-order valence-corrected chi connectivity index (χ3v) is 4.77. The number of nitrogens with zero attached hydrogens (tertiary/aromatic N) is 4. The predicted molar refractivity (Wildman–Crippen MR) is 99.2 cm³/mol. The van der Waals surface area contributed by atoms with E-state index in [2.05, 4.69) is 32.5 Å². The molecule has 0 unspecified atom stereocenters. The molecule has 1 N–H and O–H groups in total. The maximum Gasteiger partial charge on any atom is 0.224 e. The van der Waals surface area contributed by atoms with Gasteiger partial charge in [0.1, 0.15) is 12.1 Å². The number of nitrogens with one attached hydrogen (secondary N) is 1. The van der Waals surface area contributed by atoms with Gasteiger partial charge >= 0.3 is 0 Å². The summed E-state index contributed by atoms with van der Waals surface area (Å²) in [4.78, 5) is 21.3. The number of carbonyl (C=O) groups excluding carboxylic acids is 1. The Morgan fingerprint density at radius 1 is 1.30 bits per heavy atom. The Labute approximate surface area is 156 Å². The van der Waals surface area contributed by atoms with Crippen molar-refractivity contribution in [1.82, 2.24) is 24.9 Å². The molecule has 0 fully saturated rings. The number of rotatable bonds is 4. The molecule has 2 heterocycles. The highest BCUT2D eigenvalue weighted by atomic mass is 19.1. The minimum atomic E-state index is -0.294. The van der Waals surface area contributed by atoms with E-state index < -0.39 is 0 Å². The Hall–Kier alpha value is -3.09. The summed E-state index contributed by atoms with van der Waals surface area (Å²) in [5.74, 6) is 0.299. The monoisotopic (exact) mass is 365 g/mol. The molecular formula is C20H20FN5O. The van der Waals surface area contributed by atoms with Crippen LogP contribution in [-0.2, 0) is 4.79 Å². The number of allylic oxidation sites excluding steroid dienone is 2. The zero-order chi connectivity index (χ0) is 18.8. The fraction of sp³-hybridized carbons (Fsp3) is 0.300. The molecule has 1 aromatic carbocycles. The van der Waals surface area contributed by atoms with Crippen molar-refractivity contribution in [3.05, 3.63) is 60.5 Å². The van der Waals surface area contributed by atoms with Gasteiger partial charge in [0, 0.05) is 17.5 Å². The first kappa shape index (κ1) is 17.3. The molecule has 2 atom stereocenters. The van der Waals surface area contributed by atoms with Crippen molar-refractivity contribution < 1.29 is 9.18 Å². The molecule has 1 aliphatic carbocycles. The van der Waals surface area contributed by atoms with Crippen molar-refractivity contribution in [2.45, 2.75) is 32.2 Å². The summed E-state index contributed by atoms with van der Waals surface area (Å²) in [5, 5.41) is 7.42. The van der Waals surface area contributed by atoms with Crippen molar-refractivity contribution in [3.63, 3.8) is 0 Å². The van der Waals surface area contributed by atoms with E-state index in [1.807, 2.05) is 6.92 Å². The number of benzene rings is 1. The van der Waals surface area contributed by atoms with Crippen LogP contribution in [0.25, 0.3) is 16.9 Å². The van der Waals surface area contributed by atoms with E-state index in [9.17, 15) is 9.18 Å². The Morgan fingerprint density at radius 3 is 2.85 bits per heavy atom. The molecule has 4 rings (SSSR count). The van der Waals surface area contributed by atoms with E-state index in [1.54, 1.807) is 29.0 Å². The molecule has 0 saturated heterocycles. The zero-order valence-corrected chi connectivity index (χ0v) is 15.0. The van der Waals surface area contributed by atoms with Gasteiger partial charge in [-0.3, -0.25) is 4.79 Å². The maximum atomic E-state index is 13.1. The van der Waals surface area contributed by atoms with Crippen LogP contribution in [-0.4, -0.2) is 25.5 Å². The van der Waals surface area contributed by atoms with Crippen molar-refractivity contribution in [3.8, 4) is 11.3 Å². The standard InChI is InChI=1S/C20H20FN5O/c1-13(23-20(27)15-5-3-2-4-6-15)19-24-18-11-17(22-12-26(18)25-19)14-7-9-16(21)10-8-14/h2-3,7-13,15H,4-6H2,1H3,(H,23,27)/t13-,15+/m0/s1. The molecule has 7 heteroatoms. The minimum absolute atomic E-state index is 0.0150. The molecule has 3 aromatic rings. The smallest absolute Gasteiger partial charge is 0.224 e. The summed E-state index contributed by atoms with van der Waals surface area (Å²) < 4.78 is 14.7. The van der Waals surface area contributed by atoms with Crippen molar-refractivity contribution in [2.24, 2.45) is 5.92 Å². The SMILES string of the molecule is C[C@H](NC(=O)[C@@H]1CC=CCC1)c1nc2cc(-c3ccc(F)cc3)ncn2n1. The van der Waals surface area contributed by atoms with Gasteiger partial charge in [-0.25, -0.2) is 18.9 Å². The summed E-state index contributed by atoms with van der Waals surface area (Å²) in [6.07, 6.45) is 8.34. The van der Waals surface area contributed by atoms with Crippen LogP contribution >= 0.6 is 0 Å². The number of hydrogen-bond acceptors (Lipinski definition) is 4. The molecule has 0 radical (unpaired) electrons. The predicted octanol–water partition coefficient (Wildman–Crippen LogP) is 3.46. The van der Waals surface area contributed by atoms with Crippen LogP contribution in [0.4, 0.5) is 4.39 Å². The second kappa shape index (κ2) is 7.26. The molecule has 0 saturated carbocycles. The van der Waals surface area contributed by atoms with Gasteiger partial charge in [-0.05, 0) is 50.5 Å². The fourth-order valence-electron chi connectivity index (χ4n) is 3.20. The van der Waals surface area contributed by atoms with E-state index >= 15 is 0 Å². The number of halogens is 1. The third kappa shape index (κ3) is 3.72. The van der Waals surface area contributed by atoms with E-state index in [0.717, 1.165) is 24.8 Å². The number of carbonyl (C=O) groups is 1. The van der Waals surface area contributed by atoms with Gasteiger partial charge in [0.05, 0.1) is 11.7 Å². The molecule has 27 heavy (non-hydrogen) atoms. The highest BCUT2D eigenvalue weighted by molar-refractivity contribution is 5.79. The van der Waals surface area contributed by atoms with Crippen LogP contribution in [0.15, 0.2) is 48.8 Å². The minimum Gasteiger partial charge on any atom is -0.346 e.